The van der Waals surface area contributed by atoms with Gasteiger partial charge in [0.1, 0.15) is 5.75 Å². The first-order chi connectivity index (χ1) is 10.1. The molecular formula is C11H12N6O4. The second-order valence-electron chi connectivity index (χ2n) is 4.10. The molecule has 1 aromatic carbocycles. The monoisotopic (exact) mass is 292 g/mol. The second-order valence-corrected chi connectivity index (χ2v) is 4.10. The number of H-pyrrole nitrogens is 1. The van der Waals surface area contributed by atoms with Gasteiger partial charge >= 0.3 is 0 Å². The number of tetrazole rings is 1. The number of ether oxygens (including phenoxy) is 1. The molecule has 21 heavy (non-hydrogen) atoms. The van der Waals surface area contributed by atoms with E-state index in [1.807, 2.05) is 0 Å². The van der Waals surface area contributed by atoms with Crippen molar-refractivity contribution in [1.29, 1.82) is 0 Å². The van der Waals surface area contributed by atoms with Crippen molar-refractivity contribution in [2.75, 3.05) is 6.61 Å². The summed E-state index contributed by atoms with van der Waals surface area (Å²) in [4.78, 5) is 21.8. The lowest BCUT2D eigenvalue weighted by molar-refractivity contribution is -0.384. The Balaban J connectivity index is 1.86. The van der Waals surface area contributed by atoms with Crippen LogP contribution in [0, 0.1) is 10.1 Å². The Morgan fingerprint density at radius 2 is 2.38 bits per heavy atom. The molecule has 0 saturated heterocycles. The molecule has 2 aromatic rings. The van der Waals surface area contributed by atoms with Gasteiger partial charge in [0, 0.05) is 6.07 Å². The Labute approximate surface area is 118 Å². The zero-order chi connectivity index (χ0) is 15.2. The molecule has 1 atom stereocenters. The molecule has 110 valence electrons. The summed E-state index contributed by atoms with van der Waals surface area (Å²) in [6, 6.07) is 5.17. The molecule has 10 nitrogen and oxygen atoms in total. The van der Waals surface area contributed by atoms with E-state index in [0.29, 0.717) is 5.82 Å². The second kappa shape index (κ2) is 6.41. The molecule has 2 rings (SSSR count). The summed E-state index contributed by atoms with van der Waals surface area (Å²) < 4.78 is 5.20. The van der Waals surface area contributed by atoms with Crippen molar-refractivity contribution in [3.8, 4) is 5.75 Å². The fourth-order valence-corrected chi connectivity index (χ4v) is 1.54. The van der Waals surface area contributed by atoms with Gasteiger partial charge < -0.3 is 10.1 Å². The topological polar surface area (TPSA) is 136 Å². The highest BCUT2D eigenvalue weighted by Crippen LogP contribution is 2.18. The lowest BCUT2D eigenvalue weighted by Crippen LogP contribution is -2.31. The SMILES string of the molecule is CC(NC(=O)COc1cccc([N+](=O)[O-])c1)c1nn[nH]n1. The Kier molecular flexibility index (Phi) is 4.39. The van der Waals surface area contributed by atoms with Crippen molar-refractivity contribution < 1.29 is 14.5 Å². The molecule has 2 N–H and O–H groups in total. The van der Waals surface area contributed by atoms with Crippen molar-refractivity contribution in [2.45, 2.75) is 13.0 Å². The van der Waals surface area contributed by atoms with Crippen molar-refractivity contribution >= 4 is 11.6 Å². The van der Waals surface area contributed by atoms with Gasteiger partial charge in [-0.1, -0.05) is 11.3 Å². The normalized spacial score (nSPS) is 11.7. The van der Waals surface area contributed by atoms with Crippen molar-refractivity contribution in [3.05, 3.63) is 40.2 Å². The Morgan fingerprint density at radius 3 is 3.05 bits per heavy atom. The molecule has 0 aliphatic heterocycles. The minimum atomic E-state index is -0.536. The number of aromatic amines is 1. The molecular weight excluding hydrogens is 280 g/mol. The molecule has 0 aliphatic rings. The van der Waals surface area contributed by atoms with E-state index < -0.39 is 16.9 Å². The molecule has 0 fully saturated rings. The van der Waals surface area contributed by atoms with Gasteiger partial charge in [0.2, 0.25) is 0 Å². The van der Waals surface area contributed by atoms with Crippen LogP contribution in [-0.4, -0.2) is 38.1 Å². The number of nitrogens with one attached hydrogen (secondary N) is 2. The van der Waals surface area contributed by atoms with Crippen LogP contribution in [0.25, 0.3) is 0 Å². The minimum Gasteiger partial charge on any atom is -0.484 e. The highest BCUT2D eigenvalue weighted by atomic mass is 16.6. The third-order valence-corrected chi connectivity index (χ3v) is 2.52. The number of nitro benzene ring substituents is 1. The van der Waals surface area contributed by atoms with E-state index in [9.17, 15) is 14.9 Å². The average Bonchev–Trinajstić information content (AvgIpc) is 2.99. The molecule has 0 bridgehead atoms. The van der Waals surface area contributed by atoms with E-state index in [1.165, 1.54) is 24.3 Å². The zero-order valence-corrected chi connectivity index (χ0v) is 11.0. The maximum Gasteiger partial charge on any atom is 0.273 e. The molecule has 0 aliphatic carbocycles. The number of hydrogen-bond acceptors (Lipinski definition) is 7. The summed E-state index contributed by atoms with van der Waals surface area (Å²) in [5.41, 5.74) is -0.104. The summed E-state index contributed by atoms with van der Waals surface area (Å²) in [7, 11) is 0. The van der Waals surface area contributed by atoms with E-state index in [0.717, 1.165) is 0 Å². The van der Waals surface area contributed by atoms with E-state index in [2.05, 4.69) is 25.9 Å². The number of nitrogens with zero attached hydrogens (tertiary/aromatic N) is 4. The molecule has 0 saturated carbocycles. The number of hydrogen-bond donors (Lipinski definition) is 2. The first kappa shape index (κ1) is 14.4. The number of amides is 1. The highest BCUT2D eigenvalue weighted by molar-refractivity contribution is 5.77. The third kappa shape index (κ3) is 3.96. The van der Waals surface area contributed by atoms with Gasteiger partial charge in [0.25, 0.3) is 11.6 Å². The minimum absolute atomic E-state index is 0.104. The Morgan fingerprint density at radius 1 is 1.57 bits per heavy atom. The molecule has 1 unspecified atom stereocenters. The van der Waals surface area contributed by atoms with E-state index in [1.54, 1.807) is 6.92 Å². The summed E-state index contributed by atoms with van der Waals surface area (Å²) in [6.07, 6.45) is 0. The van der Waals surface area contributed by atoms with Crippen molar-refractivity contribution in [1.82, 2.24) is 25.9 Å². The first-order valence-electron chi connectivity index (χ1n) is 5.96. The molecule has 1 aromatic heterocycles. The molecule has 10 heteroatoms. The number of non-ortho nitro benzene ring substituents is 1. The number of aromatic nitrogens is 4. The number of rotatable bonds is 6. The van der Waals surface area contributed by atoms with Crippen LogP contribution in [0.15, 0.2) is 24.3 Å². The smallest absolute Gasteiger partial charge is 0.273 e. The zero-order valence-electron chi connectivity index (χ0n) is 11.0. The molecule has 0 radical (unpaired) electrons. The van der Waals surface area contributed by atoms with E-state index in [4.69, 9.17) is 4.74 Å². The van der Waals surface area contributed by atoms with Crippen LogP contribution in [0.3, 0.4) is 0 Å². The number of nitro groups is 1. The van der Waals surface area contributed by atoms with Crippen molar-refractivity contribution in [2.24, 2.45) is 0 Å². The van der Waals surface area contributed by atoms with E-state index >= 15 is 0 Å². The fourth-order valence-electron chi connectivity index (χ4n) is 1.54. The average molecular weight is 292 g/mol. The lowest BCUT2D eigenvalue weighted by atomic mass is 10.3. The fraction of sp³-hybridized carbons (Fsp3) is 0.273. The Bertz CT molecular complexity index is 629. The summed E-state index contributed by atoms with van der Waals surface area (Å²) in [6.45, 7) is 1.42. The van der Waals surface area contributed by atoms with Crippen LogP contribution in [0.1, 0.15) is 18.8 Å². The number of benzene rings is 1. The third-order valence-electron chi connectivity index (χ3n) is 2.52. The standard InChI is InChI=1S/C11H12N6O4/c1-7(11-13-15-16-14-11)12-10(18)6-21-9-4-2-3-8(5-9)17(19)20/h2-5,7H,6H2,1H3,(H,12,18)(H,13,14,15,16). The van der Waals surface area contributed by atoms with Crippen molar-refractivity contribution in [3.63, 3.8) is 0 Å². The van der Waals surface area contributed by atoms with Gasteiger partial charge in [-0.25, -0.2) is 0 Å². The van der Waals surface area contributed by atoms with Gasteiger partial charge in [0.05, 0.1) is 17.0 Å². The van der Waals surface area contributed by atoms with Crippen LogP contribution in [0.2, 0.25) is 0 Å². The van der Waals surface area contributed by atoms with Gasteiger partial charge in [-0.15, -0.1) is 10.2 Å². The largest absolute Gasteiger partial charge is 0.484 e. The highest BCUT2D eigenvalue weighted by Gasteiger charge is 2.14. The van der Waals surface area contributed by atoms with Gasteiger partial charge in [-0.05, 0) is 13.0 Å². The number of carbonyl (C=O) groups is 1. The predicted molar refractivity (Wildman–Crippen MR) is 69.3 cm³/mol. The summed E-state index contributed by atoms with van der Waals surface area (Å²) >= 11 is 0. The van der Waals surface area contributed by atoms with Crippen LogP contribution >= 0.6 is 0 Å². The van der Waals surface area contributed by atoms with E-state index in [-0.39, 0.29) is 18.0 Å². The lowest BCUT2D eigenvalue weighted by Gasteiger charge is -2.10. The van der Waals surface area contributed by atoms with Crippen LogP contribution in [0.5, 0.6) is 5.75 Å². The van der Waals surface area contributed by atoms with Crippen LogP contribution < -0.4 is 10.1 Å². The Hall–Kier alpha value is -3.04. The maximum absolute atomic E-state index is 11.7. The molecule has 1 heterocycles. The van der Waals surface area contributed by atoms with Gasteiger partial charge in [-0.2, -0.15) is 5.21 Å². The first-order valence-corrected chi connectivity index (χ1v) is 5.96. The molecule has 1 amide bonds. The number of carbonyl (C=O) groups excluding carboxylic acids is 1. The quantitative estimate of drug-likeness (QED) is 0.579. The van der Waals surface area contributed by atoms with Gasteiger partial charge in [-0.3, -0.25) is 14.9 Å². The summed E-state index contributed by atoms with van der Waals surface area (Å²) in [5.74, 6) is 0.184. The predicted octanol–water partition coefficient (Wildman–Crippen LogP) is 0.364. The maximum atomic E-state index is 11.7. The van der Waals surface area contributed by atoms with Crippen LogP contribution in [-0.2, 0) is 4.79 Å². The molecule has 0 spiro atoms. The van der Waals surface area contributed by atoms with Gasteiger partial charge in [0.15, 0.2) is 12.4 Å². The summed E-state index contributed by atoms with van der Waals surface area (Å²) in [5, 5.41) is 26.4. The van der Waals surface area contributed by atoms with Crippen LogP contribution in [0.4, 0.5) is 5.69 Å².